The van der Waals surface area contributed by atoms with Gasteiger partial charge in [0, 0.05) is 32.7 Å². The molecule has 6 nitrogen and oxygen atoms in total. The van der Waals surface area contributed by atoms with Crippen molar-refractivity contribution in [1.82, 2.24) is 20.2 Å². The number of hydrogen-bond donors (Lipinski definition) is 2. The molecular weight excluding hydrogens is 314 g/mol. The highest BCUT2D eigenvalue weighted by Gasteiger charge is 2.19. The second-order valence-corrected chi connectivity index (χ2v) is 6.39. The highest BCUT2D eigenvalue weighted by molar-refractivity contribution is 5.79. The minimum Gasteiger partial charge on any atom is -0.381 e. The van der Waals surface area contributed by atoms with Crippen molar-refractivity contribution in [2.24, 2.45) is 10.9 Å². The Hall–Kier alpha value is -2.34. The zero-order valence-electron chi connectivity index (χ0n) is 15.0. The molecule has 1 atom stereocenters. The number of rotatable bonds is 6. The zero-order valence-corrected chi connectivity index (χ0v) is 15.0. The van der Waals surface area contributed by atoms with Gasteiger partial charge in [-0.3, -0.25) is 0 Å². The highest BCUT2D eigenvalue weighted by Crippen LogP contribution is 2.16. The molecule has 0 saturated carbocycles. The van der Waals surface area contributed by atoms with E-state index in [1.165, 1.54) is 0 Å². The van der Waals surface area contributed by atoms with Gasteiger partial charge in [0.1, 0.15) is 12.4 Å². The van der Waals surface area contributed by atoms with Gasteiger partial charge in [0.05, 0.1) is 18.5 Å². The zero-order chi connectivity index (χ0) is 17.5. The average Bonchev–Trinajstić information content (AvgIpc) is 3.31. The molecule has 0 bridgehead atoms. The number of aliphatic imine (C=N–C) groups is 1. The average molecular weight is 341 g/mol. The molecule has 1 saturated heterocycles. The normalized spacial score (nSPS) is 17.7. The smallest absolute Gasteiger partial charge is 0.194 e. The standard InChI is InChI=1S/C19H27N5O/c1-3-20-19(24(2)13-15-9-10-25-14-15)22-12-18-21-11-17(23-18)16-7-5-4-6-8-16/h4-8,11,15H,3,9-10,12-14H2,1-2H3,(H,20,22)(H,21,23). The van der Waals surface area contributed by atoms with Crippen LogP contribution in [-0.2, 0) is 11.3 Å². The Bertz CT molecular complexity index is 676. The molecule has 0 spiro atoms. The van der Waals surface area contributed by atoms with Crippen LogP contribution in [0.2, 0.25) is 0 Å². The number of ether oxygens (including phenoxy) is 1. The summed E-state index contributed by atoms with van der Waals surface area (Å²) >= 11 is 0. The topological polar surface area (TPSA) is 65.5 Å². The third kappa shape index (κ3) is 4.82. The van der Waals surface area contributed by atoms with Crippen LogP contribution < -0.4 is 5.32 Å². The van der Waals surface area contributed by atoms with E-state index in [-0.39, 0.29) is 0 Å². The van der Waals surface area contributed by atoms with Gasteiger partial charge in [-0.1, -0.05) is 30.3 Å². The van der Waals surface area contributed by atoms with Crippen molar-refractivity contribution in [2.75, 3.05) is 33.4 Å². The van der Waals surface area contributed by atoms with Crippen molar-refractivity contribution in [3.05, 3.63) is 42.4 Å². The Labute approximate surface area is 149 Å². The van der Waals surface area contributed by atoms with Crippen LogP contribution in [0.5, 0.6) is 0 Å². The fraction of sp³-hybridized carbons (Fsp3) is 0.474. The van der Waals surface area contributed by atoms with Crippen LogP contribution in [0.3, 0.4) is 0 Å². The molecule has 1 aliphatic heterocycles. The predicted molar refractivity (Wildman–Crippen MR) is 100 cm³/mol. The minimum atomic E-state index is 0.528. The lowest BCUT2D eigenvalue weighted by atomic mass is 10.1. The largest absolute Gasteiger partial charge is 0.381 e. The van der Waals surface area contributed by atoms with E-state index in [1.807, 2.05) is 24.4 Å². The molecule has 0 aliphatic carbocycles. The fourth-order valence-corrected chi connectivity index (χ4v) is 3.03. The van der Waals surface area contributed by atoms with Gasteiger partial charge in [0.25, 0.3) is 0 Å². The Morgan fingerprint density at radius 1 is 1.40 bits per heavy atom. The van der Waals surface area contributed by atoms with Crippen molar-refractivity contribution in [1.29, 1.82) is 0 Å². The van der Waals surface area contributed by atoms with E-state index in [0.717, 1.165) is 55.8 Å². The molecule has 1 unspecified atom stereocenters. The number of nitrogens with one attached hydrogen (secondary N) is 2. The molecule has 2 N–H and O–H groups in total. The van der Waals surface area contributed by atoms with E-state index in [0.29, 0.717) is 12.5 Å². The van der Waals surface area contributed by atoms with Gasteiger partial charge in [-0.25, -0.2) is 9.98 Å². The van der Waals surface area contributed by atoms with Crippen molar-refractivity contribution < 1.29 is 4.74 Å². The number of hydrogen-bond acceptors (Lipinski definition) is 3. The molecule has 2 heterocycles. The monoisotopic (exact) mass is 341 g/mol. The Morgan fingerprint density at radius 2 is 2.24 bits per heavy atom. The molecule has 25 heavy (non-hydrogen) atoms. The van der Waals surface area contributed by atoms with Gasteiger partial charge in [0.2, 0.25) is 0 Å². The fourth-order valence-electron chi connectivity index (χ4n) is 3.03. The molecule has 6 heteroatoms. The number of H-pyrrole nitrogens is 1. The Kier molecular flexibility index (Phi) is 6.06. The lowest BCUT2D eigenvalue weighted by molar-refractivity contribution is 0.181. The molecule has 134 valence electrons. The van der Waals surface area contributed by atoms with Crippen LogP contribution in [0.25, 0.3) is 11.3 Å². The van der Waals surface area contributed by atoms with E-state index in [1.54, 1.807) is 0 Å². The van der Waals surface area contributed by atoms with Crippen molar-refractivity contribution >= 4 is 5.96 Å². The number of imidazole rings is 1. The molecule has 0 amide bonds. The third-order valence-corrected chi connectivity index (χ3v) is 4.34. The summed E-state index contributed by atoms with van der Waals surface area (Å²) in [6, 6.07) is 10.2. The van der Waals surface area contributed by atoms with Crippen LogP contribution in [0.4, 0.5) is 0 Å². The molecule has 1 fully saturated rings. The summed E-state index contributed by atoms with van der Waals surface area (Å²) in [5.74, 6) is 2.36. The lowest BCUT2D eigenvalue weighted by Crippen LogP contribution is -2.41. The molecule has 1 aliphatic rings. The van der Waals surface area contributed by atoms with E-state index < -0.39 is 0 Å². The van der Waals surface area contributed by atoms with Crippen molar-refractivity contribution in [3.8, 4) is 11.3 Å². The summed E-state index contributed by atoms with van der Waals surface area (Å²) in [6.07, 6.45) is 3.00. The van der Waals surface area contributed by atoms with Crippen LogP contribution >= 0.6 is 0 Å². The SMILES string of the molecule is CCNC(=NCc1ncc(-c2ccccc2)[nH]1)N(C)CC1CCOC1. The summed E-state index contributed by atoms with van der Waals surface area (Å²) in [6.45, 7) is 6.14. The Morgan fingerprint density at radius 3 is 2.96 bits per heavy atom. The van der Waals surface area contributed by atoms with Crippen LogP contribution in [0.1, 0.15) is 19.2 Å². The first-order valence-electron chi connectivity index (χ1n) is 8.92. The maximum absolute atomic E-state index is 5.47. The molecule has 1 aromatic carbocycles. The van der Waals surface area contributed by atoms with E-state index in [9.17, 15) is 0 Å². The number of nitrogens with zero attached hydrogens (tertiary/aromatic N) is 3. The van der Waals surface area contributed by atoms with Gasteiger partial charge < -0.3 is 19.9 Å². The maximum atomic E-state index is 5.47. The first-order valence-corrected chi connectivity index (χ1v) is 8.92. The van der Waals surface area contributed by atoms with Crippen LogP contribution in [0.15, 0.2) is 41.5 Å². The van der Waals surface area contributed by atoms with E-state index in [4.69, 9.17) is 9.73 Å². The molecular formula is C19H27N5O. The minimum absolute atomic E-state index is 0.528. The van der Waals surface area contributed by atoms with Gasteiger partial charge in [-0.15, -0.1) is 0 Å². The summed E-state index contributed by atoms with van der Waals surface area (Å²) in [5.41, 5.74) is 2.16. The predicted octanol–water partition coefficient (Wildman–Crippen LogP) is 2.51. The summed E-state index contributed by atoms with van der Waals surface area (Å²) < 4.78 is 5.47. The second kappa shape index (κ2) is 8.67. The molecule has 1 aromatic heterocycles. The van der Waals surface area contributed by atoms with Crippen molar-refractivity contribution in [3.63, 3.8) is 0 Å². The number of guanidine groups is 1. The van der Waals surface area contributed by atoms with E-state index in [2.05, 4.69) is 46.3 Å². The molecule has 2 aromatic rings. The van der Waals surface area contributed by atoms with Crippen molar-refractivity contribution in [2.45, 2.75) is 19.9 Å². The first-order chi connectivity index (χ1) is 12.3. The number of aromatic nitrogens is 2. The van der Waals surface area contributed by atoms with Gasteiger partial charge >= 0.3 is 0 Å². The molecule has 0 radical (unpaired) electrons. The van der Waals surface area contributed by atoms with Gasteiger partial charge in [-0.2, -0.15) is 0 Å². The van der Waals surface area contributed by atoms with Crippen LogP contribution in [-0.4, -0.2) is 54.2 Å². The first kappa shape index (κ1) is 17.5. The lowest BCUT2D eigenvalue weighted by Gasteiger charge is -2.24. The highest BCUT2D eigenvalue weighted by atomic mass is 16.5. The number of benzene rings is 1. The summed E-state index contributed by atoms with van der Waals surface area (Å²) in [5, 5.41) is 3.36. The summed E-state index contributed by atoms with van der Waals surface area (Å²) in [7, 11) is 2.08. The van der Waals surface area contributed by atoms with Gasteiger partial charge in [-0.05, 0) is 18.9 Å². The quantitative estimate of drug-likeness (QED) is 0.626. The number of aromatic amines is 1. The molecule has 3 rings (SSSR count). The second-order valence-electron chi connectivity index (χ2n) is 6.39. The summed E-state index contributed by atoms with van der Waals surface area (Å²) in [4.78, 5) is 14.7. The van der Waals surface area contributed by atoms with Gasteiger partial charge in [0.15, 0.2) is 5.96 Å². The van der Waals surface area contributed by atoms with Crippen LogP contribution in [0, 0.1) is 5.92 Å². The van der Waals surface area contributed by atoms with E-state index >= 15 is 0 Å². The third-order valence-electron chi connectivity index (χ3n) is 4.34. The Balaban J connectivity index is 1.63. The maximum Gasteiger partial charge on any atom is 0.194 e.